The third-order valence-corrected chi connectivity index (χ3v) is 4.98. The predicted octanol–water partition coefficient (Wildman–Crippen LogP) is 4.00. The summed E-state index contributed by atoms with van der Waals surface area (Å²) in [4.78, 5) is 14.7. The number of piperidine rings is 1. The van der Waals surface area contributed by atoms with Crippen LogP contribution in [-0.2, 0) is 0 Å². The highest BCUT2D eigenvalue weighted by Crippen LogP contribution is 2.29. The molecule has 1 N–H and O–H groups in total. The number of amides is 1. The number of nitrogens with zero attached hydrogens (tertiary/aromatic N) is 1. The Kier molecular flexibility index (Phi) is 6.12. The monoisotopic (exact) mass is 400 g/mol. The van der Waals surface area contributed by atoms with Crippen molar-refractivity contribution in [2.75, 3.05) is 26.7 Å². The molecule has 0 unspecified atom stereocenters. The SMILES string of the molecule is CNCC1CCN(C(=O)c2oc3ccc(Br)cc3c2C)CC1.Cl. The van der Waals surface area contributed by atoms with Gasteiger partial charge in [-0.25, -0.2) is 0 Å². The molecule has 1 aliphatic heterocycles. The van der Waals surface area contributed by atoms with Crippen LogP contribution in [0.1, 0.15) is 29.0 Å². The summed E-state index contributed by atoms with van der Waals surface area (Å²) in [5, 5.41) is 4.22. The molecule has 1 saturated heterocycles. The lowest BCUT2D eigenvalue weighted by atomic mass is 9.96. The highest BCUT2D eigenvalue weighted by atomic mass is 79.9. The van der Waals surface area contributed by atoms with E-state index in [0.717, 1.165) is 53.5 Å². The fourth-order valence-electron chi connectivity index (χ4n) is 3.17. The lowest BCUT2D eigenvalue weighted by molar-refractivity contribution is 0.0660. The number of carbonyl (C=O) groups is 1. The van der Waals surface area contributed by atoms with E-state index >= 15 is 0 Å². The molecule has 0 aliphatic carbocycles. The summed E-state index contributed by atoms with van der Waals surface area (Å²) in [6, 6.07) is 5.84. The van der Waals surface area contributed by atoms with Crippen molar-refractivity contribution in [2.24, 2.45) is 5.92 Å². The number of carbonyl (C=O) groups excluding carboxylic acids is 1. The molecule has 2 aromatic rings. The third kappa shape index (κ3) is 3.73. The van der Waals surface area contributed by atoms with E-state index in [9.17, 15) is 4.79 Å². The Morgan fingerprint density at radius 1 is 1.39 bits per heavy atom. The Hall–Kier alpha value is -1.04. The van der Waals surface area contributed by atoms with Crippen LogP contribution in [0.3, 0.4) is 0 Å². The van der Waals surface area contributed by atoms with Crippen molar-refractivity contribution in [1.29, 1.82) is 0 Å². The van der Waals surface area contributed by atoms with E-state index in [1.807, 2.05) is 37.1 Å². The molecule has 1 aromatic heterocycles. The van der Waals surface area contributed by atoms with Crippen LogP contribution in [0.15, 0.2) is 27.1 Å². The summed E-state index contributed by atoms with van der Waals surface area (Å²) in [5.41, 5.74) is 1.70. The number of fused-ring (bicyclic) bond motifs is 1. The molecule has 0 spiro atoms. The van der Waals surface area contributed by atoms with Gasteiger partial charge in [0, 0.05) is 28.5 Å². The van der Waals surface area contributed by atoms with E-state index in [1.165, 1.54) is 0 Å². The standard InChI is InChI=1S/C17H21BrN2O2.ClH/c1-11-14-9-13(18)3-4-15(14)22-16(11)17(21)20-7-5-12(6-8-20)10-19-2;/h3-4,9,12,19H,5-8,10H2,1-2H3;1H. The highest BCUT2D eigenvalue weighted by Gasteiger charge is 2.27. The molecular formula is C17H22BrClN2O2. The van der Waals surface area contributed by atoms with Gasteiger partial charge < -0.3 is 14.6 Å². The molecule has 2 heterocycles. The van der Waals surface area contributed by atoms with Crippen molar-refractivity contribution < 1.29 is 9.21 Å². The average molecular weight is 402 g/mol. The number of hydrogen-bond acceptors (Lipinski definition) is 3. The van der Waals surface area contributed by atoms with Crippen molar-refractivity contribution in [2.45, 2.75) is 19.8 Å². The second-order valence-electron chi connectivity index (χ2n) is 5.99. The van der Waals surface area contributed by atoms with E-state index in [4.69, 9.17) is 4.42 Å². The van der Waals surface area contributed by atoms with Gasteiger partial charge in [0.25, 0.3) is 5.91 Å². The van der Waals surface area contributed by atoms with Gasteiger partial charge in [0.2, 0.25) is 0 Å². The molecule has 126 valence electrons. The third-order valence-electron chi connectivity index (χ3n) is 4.49. The summed E-state index contributed by atoms with van der Waals surface area (Å²) in [5.74, 6) is 1.18. The number of furan rings is 1. The maximum absolute atomic E-state index is 12.7. The van der Waals surface area contributed by atoms with E-state index < -0.39 is 0 Å². The van der Waals surface area contributed by atoms with Gasteiger partial charge in [-0.15, -0.1) is 12.4 Å². The minimum atomic E-state index is 0. The highest BCUT2D eigenvalue weighted by molar-refractivity contribution is 9.10. The lowest BCUT2D eigenvalue weighted by Gasteiger charge is -2.31. The van der Waals surface area contributed by atoms with E-state index in [2.05, 4.69) is 21.2 Å². The molecule has 1 aliphatic rings. The molecule has 1 fully saturated rings. The maximum atomic E-state index is 12.7. The van der Waals surface area contributed by atoms with Gasteiger partial charge >= 0.3 is 0 Å². The van der Waals surface area contributed by atoms with Crippen LogP contribution < -0.4 is 5.32 Å². The minimum Gasteiger partial charge on any atom is -0.451 e. The molecule has 1 aromatic carbocycles. The normalized spacial score (nSPS) is 15.7. The Morgan fingerprint density at radius 3 is 2.74 bits per heavy atom. The van der Waals surface area contributed by atoms with Gasteiger partial charge in [0.1, 0.15) is 5.58 Å². The quantitative estimate of drug-likeness (QED) is 0.845. The van der Waals surface area contributed by atoms with E-state index in [1.54, 1.807) is 0 Å². The van der Waals surface area contributed by atoms with Crippen LogP contribution in [0.2, 0.25) is 0 Å². The van der Waals surface area contributed by atoms with Crippen LogP contribution >= 0.6 is 28.3 Å². The van der Waals surface area contributed by atoms with Crippen molar-refractivity contribution in [3.8, 4) is 0 Å². The molecule has 0 bridgehead atoms. The Morgan fingerprint density at radius 2 is 2.09 bits per heavy atom. The number of rotatable bonds is 3. The molecular weight excluding hydrogens is 380 g/mol. The predicted molar refractivity (Wildman–Crippen MR) is 98.5 cm³/mol. The first kappa shape index (κ1) is 18.3. The summed E-state index contributed by atoms with van der Waals surface area (Å²) >= 11 is 3.47. The maximum Gasteiger partial charge on any atom is 0.289 e. The Bertz CT molecular complexity index is 693. The zero-order valence-corrected chi connectivity index (χ0v) is 15.8. The fraction of sp³-hybridized carbons (Fsp3) is 0.471. The first-order valence-corrected chi connectivity index (χ1v) is 8.52. The number of aryl methyl sites for hydroxylation is 1. The second kappa shape index (κ2) is 7.69. The Labute approximate surface area is 151 Å². The van der Waals surface area contributed by atoms with Crippen molar-refractivity contribution in [3.05, 3.63) is 34.0 Å². The van der Waals surface area contributed by atoms with Crippen LogP contribution in [0.25, 0.3) is 11.0 Å². The van der Waals surface area contributed by atoms with Gasteiger partial charge in [0.15, 0.2) is 5.76 Å². The zero-order chi connectivity index (χ0) is 15.7. The summed E-state index contributed by atoms with van der Waals surface area (Å²) in [7, 11) is 1.98. The number of hydrogen-bond donors (Lipinski definition) is 1. The van der Waals surface area contributed by atoms with Gasteiger partial charge in [-0.2, -0.15) is 0 Å². The van der Waals surface area contributed by atoms with E-state index in [-0.39, 0.29) is 18.3 Å². The second-order valence-corrected chi connectivity index (χ2v) is 6.91. The molecule has 0 atom stereocenters. The number of halogens is 2. The summed E-state index contributed by atoms with van der Waals surface area (Å²) in [6.07, 6.45) is 2.11. The summed E-state index contributed by atoms with van der Waals surface area (Å²) < 4.78 is 6.81. The first-order chi connectivity index (χ1) is 10.6. The topological polar surface area (TPSA) is 45.5 Å². The largest absolute Gasteiger partial charge is 0.451 e. The van der Waals surface area contributed by atoms with Crippen molar-refractivity contribution in [1.82, 2.24) is 10.2 Å². The Balaban J connectivity index is 0.00000192. The van der Waals surface area contributed by atoms with Crippen LogP contribution in [0.4, 0.5) is 0 Å². The minimum absolute atomic E-state index is 0. The lowest BCUT2D eigenvalue weighted by Crippen LogP contribution is -2.40. The molecule has 0 radical (unpaired) electrons. The van der Waals surface area contributed by atoms with E-state index in [0.29, 0.717) is 11.7 Å². The van der Waals surface area contributed by atoms with Crippen molar-refractivity contribution in [3.63, 3.8) is 0 Å². The van der Waals surface area contributed by atoms with Crippen molar-refractivity contribution >= 4 is 45.2 Å². The molecule has 1 amide bonds. The van der Waals surface area contributed by atoms with Crippen LogP contribution in [-0.4, -0.2) is 37.5 Å². The average Bonchev–Trinajstić information content (AvgIpc) is 2.84. The first-order valence-electron chi connectivity index (χ1n) is 7.72. The molecule has 0 saturated carbocycles. The van der Waals surface area contributed by atoms with Gasteiger partial charge in [-0.05, 0) is 57.5 Å². The molecule has 3 rings (SSSR count). The summed E-state index contributed by atoms with van der Waals surface area (Å²) in [6.45, 7) is 4.61. The van der Waals surface area contributed by atoms with Crippen LogP contribution in [0.5, 0.6) is 0 Å². The van der Waals surface area contributed by atoms with Gasteiger partial charge in [-0.1, -0.05) is 15.9 Å². The van der Waals surface area contributed by atoms with Crippen LogP contribution in [0, 0.1) is 12.8 Å². The smallest absolute Gasteiger partial charge is 0.289 e. The number of benzene rings is 1. The number of likely N-dealkylation sites (tertiary alicyclic amines) is 1. The van der Waals surface area contributed by atoms with Gasteiger partial charge in [-0.3, -0.25) is 4.79 Å². The van der Waals surface area contributed by atoms with Gasteiger partial charge in [0.05, 0.1) is 0 Å². The number of nitrogens with one attached hydrogen (secondary N) is 1. The fourth-order valence-corrected chi connectivity index (χ4v) is 3.53. The zero-order valence-electron chi connectivity index (χ0n) is 13.4. The molecule has 4 nitrogen and oxygen atoms in total. The molecule has 23 heavy (non-hydrogen) atoms. The molecule has 6 heteroatoms.